The summed E-state index contributed by atoms with van der Waals surface area (Å²) in [4.78, 5) is 18.1. The van der Waals surface area contributed by atoms with Crippen molar-refractivity contribution in [3.8, 4) is 0 Å². The largest absolute Gasteiger partial charge is 0.467 e. The van der Waals surface area contributed by atoms with Gasteiger partial charge in [0, 0.05) is 12.7 Å². The van der Waals surface area contributed by atoms with Crippen LogP contribution < -0.4 is 10.2 Å². The monoisotopic (exact) mass is 317 g/mol. The number of rotatable bonds is 7. The van der Waals surface area contributed by atoms with Crippen LogP contribution in [0.4, 0.5) is 10.5 Å². The molecule has 2 aromatic rings. The first-order valence-corrected chi connectivity index (χ1v) is 7.72. The molecule has 0 saturated heterocycles. The Hall–Kier alpha value is -2.34. The van der Waals surface area contributed by atoms with E-state index < -0.39 is 6.10 Å². The van der Waals surface area contributed by atoms with Crippen LogP contribution >= 0.6 is 0 Å². The van der Waals surface area contributed by atoms with E-state index in [-0.39, 0.29) is 12.6 Å². The maximum absolute atomic E-state index is 12.5. The van der Waals surface area contributed by atoms with Crippen molar-refractivity contribution in [3.05, 3.63) is 48.7 Å². The molecule has 0 aliphatic heterocycles. The number of anilines is 1. The minimum absolute atomic E-state index is 0.214. The molecular weight excluding hydrogens is 294 g/mol. The summed E-state index contributed by atoms with van der Waals surface area (Å²) in [5.41, 5.74) is 0.666. The number of pyridine rings is 1. The summed E-state index contributed by atoms with van der Waals surface area (Å²) in [6.07, 6.45) is 4.93. The lowest BCUT2D eigenvalue weighted by Gasteiger charge is -2.23. The average molecular weight is 317 g/mol. The second-order valence-electron chi connectivity index (χ2n) is 5.85. The molecule has 2 rings (SSSR count). The van der Waals surface area contributed by atoms with Crippen molar-refractivity contribution >= 4 is 11.7 Å². The molecule has 0 fully saturated rings. The molecule has 124 valence electrons. The Morgan fingerprint density at radius 2 is 2.22 bits per heavy atom. The van der Waals surface area contributed by atoms with E-state index in [1.165, 1.54) is 4.90 Å². The van der Waals surface area contributed by atoms with Gasteiger partial charge in [0.15, 0.2) is 0 Å². The number of aliphatic hydroxyl groups excluding tert-OH is 1. The Labute approximate surface area is 136 Å². The Bertz CT molecular complexity index is 584. The second kappa shape index (κ2) is 8.33. The lowest BCUT2D eigenvalue weighted by atomic mass is 10.1. The van der Waals surface area contributed by atoms with Crippen molar-refractivity contribution in [3.63, 3.8) is 0 Å². The zero-order chi connectivity index (χ0) is 16.7. The number of nitrogens with zero attached hydrogens (tertiary/aromatic N) is 2. The third kappa shape index (κ3) is 5.41. The molecule has 0 aliphatic carbocycles. The van der Waals surface area contributed by atoms with Gasteiger partial charge in [0.05, 0.1) is 30.8 Å². The number of furan rings is 1. The summed E-state index contributed by atoms with van der Waals surface area (Å²) in [6, 6.07) is 6.87. The first-order chi connectivity index (χ1) is 11.1. The van der Waals surface area contributed by atoms with Crippen molar-refractivity contribution in [1.82, 2.24) is 10.3 Å². The normalized spacial score (nSPS) is 12.2. The van der Waals surface area contributed by atoms with Crippen LogP contribution in [0.1, 0.15) is 26.0 Å². The van der Waals surface area contributed by atoms with E-state index in [1.807, 2.05) is 19.9 Å². The predicted molar refractivity (Wildman–Crippen MR) is 88.0 cm³/mol. The third-order valence-electron chi connectivity index (χ3n) is 3.33. The molecule has 0 aromatic carbocycles. The molecule has 2 amide bonds. The van der Waals surface area contributed by atoms with Gasteiger partial charge in [0.25, 0.3) is 0 Å². The van der Waals surface area contributed by atoms with Gasteiger partial charge in [-0.25, -0.2) is 4.79 Å². The fourth-order valence-electron chi connectivity index (χ4n) is 2.28. The van der Waals surface area contributed by atoms with Crippen LogP contribution in [0.3, 0.4) is 0 Å². The van der Waals surface area contributed by atoms with Gasteiger partial charge in [-0.2, -0.15) is 0 Å². The topological polar surface area (TPSA) is 78.6 Å². The molecule has 6 heteroatoms. The summed E-state index contributed by atoms with van der Waals surface area (Å²) in [5, 5.41) is 12.7. The fraction of sp³-hybridized carbons (Fsp3) is 0.412. The van der Waals surface area contributed by atoms with Crippen LogP contribution in [0, 0.1) is 5.92 Å². The summed E-state index contributed by atoms with van der Waals surface area (Å²) in [5.74, 6) is 1.05. The number of hydrogen-bond acceptors (Lipinski definition) is 4. The third-order valence-corrected chi connectivity index (χ3v) is 3.33. The molecule has 0 saturated carbocycles. The number of aromatic nitrogens is 1. The Morgan fingerprint density at radius 3 is 2.83 bits per heavy atom. The minimum atomic E-state index is -0.557. The fourth-order valence-corrected chi connectivity index (χ4v) is 2.28. The predicted octanol–water partition coefficient (Wildman–Crippen LogP) is 2.80. The van der Waals surface area contributed by atoms with Crippen LogP contribution in [0.15, 0.2) is 47.3 Å². The maximum Gasteiger partial charge on any atom is 0.322 e. The van der Waals surface area contributed by atoms with Crippen LogP contribution in [-0.4, -0.2) is 28.8 Å². The van der Waals surface area contributed by atoms with Crippen molar-refractivity contribution in [2.45, 2.75) is 32.9 Å². The molecule has 0 bridgehead atoms. The van der Waals surface area contributed by atoms with E-state index in [1.54, 1.807) is 36.9 Å². The van der Waals surface area contributed by atoms with E-state index in [0.29, 0.717) is 30.3 Å². The van der Waals surface area contributed by atoms with Gasteiger partial charge in [0.1, 0.15) is 5.76 Å². The SMILES string of the molecule is CC(C)C[C@@H](O)CNC(=O)N(Cc1ccco1)c1cccnc1. The quantitative estimate of drug-likeness (QED) is 0.823. The van der Waals surface area contributed by atoms with E-state index in [4.69, 9.17) is 4.42 Å². The van der Waals surface area contributed by atoms with Gasteiger partial charge in [-0.05, 0) is 36.6 Å². The highest BCUT2D eigenvalue weighted by Gasteiger charge is 2.18. The maximum atomic E-state index is 12.5. The van der Waals surface area contributed by atoms with Crippen molar-refractivity contribution in [2.24, 2.45) is 5.92 Å². The molecule has 2 heterocycles. The average Bonchev–Trinajstić information content (AvgIpc) is 3.03. The van der Waals surface area contributed by atoms with E-state index in [9.17, 15) is 9.90 Å². The van der Waals surface area contributed by atoms with Gasteiger partial charge in [-0.15, -0.1) is 0 Å². The molecule has 0 spiro atoms. The van der Waals surface area contributed by atoms with Crippen LogP contribution in [-0.2, 0) is 6.54 Å². The Morgan fingerprint density at radius 1 is 1.39 bits per heavy atom. The zero-order valence-electron chi connectivity index (χ0n) is 13.5. The van der Waals surface area contributed by atoms with Gasteiger partial charge in [0.2, 0.25) is 0 Å². The number of carbonyl (C=O) groups is 1. The highest BCUT2D eigenvalue weighted by molar-refractivity contribution is 5.91. The molecule has 1 atom stereocenters. The van der Waals surface area contributed by atoms with Crippen molar-refractivity contribution in [1.29, 1.82) is 0 Å². The number of nitrogens with one attached hydrogen (secondary N) is 1. The molecule has 2 aromatic heterocycles. The van der Waals surface area contributed by atoms with Crippen LogP contribution in [0.2, 0.25) is 0 Å². The summed E-state index contributed by atoms with van der Waals surface area (Å²) >= 11 is 0. The summed E-state index contributed by atoms with van der Waals surface area (Å²) in [7, 11) is 0. The highest BCUT2D eigenvalue weighted by Crippen LogP contribution is 2.16. The first kappa shape index (κ1) is 17.0. The number of urea groups is 1. The second-order valence-corrected chi connectivity index (χ2v) is 5.85. The summed E-state index contributed by atoms with van der Waals surface area (Å²) in [6.45, 7) is 4.57. The van der Waals surface area contributed by atoms with Crippen molar-refractivity contribution < 1.29 is 14.3 Å². The number of amides is 2. The van der Waals surface area contributed by atoms with Gasteiger partial charge in [-0.1, -0.05) is 13.8 Å². The van der Waals surface area contributed by atoms with E-state index in [2.05, 4.69) is 10.3 Å². The van der Waals surface area contributed by atoms with Gasteiger partial charge in [-0.3, -0.25) is 9.88 Å². The molecule has 0 aliphatic rings. The number of carbonyl (C=O) groups excluding carboxylic acids is 1. The standard InChI is InChI=1S/C17H23N3O3/c1-13(2)9-15(21)11-19-17(22)20(12-16-6-4-8-23-16)14-5-3-7-18-10-14/h3-8,10,13,15,21H,9,11-12H2,1-2H3,(H,19,22)/t15-/m1/s1. The molecular formula is C17H23N3O3. The molecule has 6 nitrogen and oxygen atoms in total. The Kier molecular flexibility index (Phi) is 6.17. The van der Waals surface area contributed by atoms with E-state index in [0.717, 1.165) is 0 Å². The van der Waals surface area contributed by atoms with E-state index >= 15 is 0 Å². The first-order valence-electron chi connectivity index (χ1n) is 7.72. The zero-order valence-corrected chi connectivity index (χ0v) is 13.5. The van der Waals surface area contributed by atoms with Gasteiger partial charge < -0.3 is 14.8 Å². The summed E-state index contributed by atoms with van der Waals surface area (Å²) < 4.78 is 5.32. The molecule has 23 heavy (non-hydrogen) atoms. The smallest absolute Gasteiger partial charge is 0.322 e. The number of aliphatic hydroxyl groups is 1. The van der Waals surface area contributed by atoms with Crippen molar-refractivity contribution in [2.75, 3.05) is 11.4 Å². The Balaban J connectivity index is 2.03. The molecule has 0 unspecified atom stereocenters. The lowest BCUT2D eigenvalue weighted by molar-refractivity contribution is 0.147. The van der Waals surface area contributed by atoms with Crippen LogP contribution in [0.5, 0.6) is 0 Å². The molecule has 0 radical (unpaired) electrons. The minimum Gasteiger partial charge on any atom is -0.467 e. The number of hydrogen-bond donors (Lipinski definition) is 2. The molecule has 2 N–H and O–H groups in total. The lowest BCUT2D eigenvalue weighted by Crippen LogP contribution is -2.43. The van der Waals surface area contributed by atoms with Gasteiger partial charge >= 0.3 is 6.03 Å². The van der Waals surface area contributed by atoms with Crippen LogP contribution in [0.25, 0.3) is 0 Å². The highest BCUT2D eigenvalue weighted by atomic mass is 16.3.